The van der Waals surface area contributed by atoms with E-state index in [9.17, 15) is 4.79 Å². The van der Waals surface area contributed by atoms with Crippen molar-refractivity contribution in [1.82, 2.24) is 20.1 Å². The molecule has 0 unspecified atom stereocenters. The average molecular weight is 288 g/mol. The number of likely N-dealkylation sites (tertiary alicyclic amines) is 1. The molecular weight excluding hydrogens is 268 g/mol. The molecule has 112 valence electrons. The van der Waals surface area contributed by atoms with Crippen molar-refractivity contribution in [3.63, 3.8) is 0 Å². The molecule has 0 spiro atoms. The van der Waals surface area contributed by atoms with Crippen LogP contribution in [0.1, 0.15) is 24.8 Å². The predicted molar refractivity (Wildman–Crippen MR) is 78.5 cm³/mol. The molecule has 0 radical (unpaired) electrons. The van der Waals surface area contributed by atoms with Crippen LogP contribution in [0.5, 0.6) is 0 Å². The summed E-state index contributed by atoms with van der Waals surface area (Å²) >= 11 is 0. The lowest BCUT2D eigenvalue weighted by Crippen LogP contribution is -2.34. The van der Waals surface area contributed by atoms with Crippen molar-refractivity contribution >= 4 is 16.9 Å². The number of carbonyl (C=O) groups excluding carboxylic acids is 1. The maximum Gasteiger partial charge on any atom is 0.224 e. The van der Waals surface area contributed by atoms with Crippen LogP contribution in [0, 0.1) is 0 Å². The first-order valence-electron chi connectivity index (χ1n) is 7.29. The van der Waals surface area contributed by atoms with E-state index in [2.05, 4.69) is 26.9 Å². The third-order valence-corrected chi connectivity index (χ3v) is 4.25. The Kier molecular flexibility index (Phi) is 3.88. The van der Waals surface area contributed by atoms with Gasteiger partial charge in [-0.1, -0.05) is 6.07 Å². The fourth-order valence-corrected chi connectivity index (χ4v) is 2.88. The van der Waals surface area contributed by atoms with Gasteiger partial charge >= 0.3 is 0 Å². The monoisotopic (exact) mass is 288 g/mol. The summed E-state index contributed by atoms with van der Waals surface area (Å²) in [5, 5.41) is 7.61. The van der Waals surface area contributed by atoms with Gasteiger partial charge in [0.05, 0.1) is 0 Å². The van der Waals surface area contributed by atoms with E-state index in [4.69, 9.17) is 0 Å². The molecular formula is C15H20N4O2. The summed E-state index contributed by atoms with van der Waals surface area (Å²) in [6.07, 6.45) is 2.90. The highest BCUT2D eigenvalue weighted by atomic mass is 16.6. The maximum atomic E-state index is 12.3. The van der Waals surface area contributed by atoms with Gasteiger partial charge in [0, 0.05) is 26.1 Å². The lowest BCUT2D eigenvalue weighted by molar-refractivity contribution is -0.131. The summed E-state index contributed by atoms with van der Waals surface area (Å²) < 4.78 is 4.69. The van der Waals surface area contributed by atoms with Crippen LogP contribution in [0.4, 0.5) is 0 Å². The highest BCUT2D eigenvalue weighted by molar-refractivity contribution is 5.77. The summed E-state index contributed by atoms with van der Waals surface area (Å²) in [5.41, 5.74) is 2.50. The van der Waals surface area contributed by atoms with E-state index in [0.717, 1.165) is 29.6 Å². The normalized spacial score (nSPS) is 19.2. The summed E-state index contributed by atoms with van der Waals surface area (Å²) in [7, 11) is 3.94. The minimum absolute atomic E-state index is 0.187. The van der Waals surface area contributed by atoms with E-state index in [1.54, 1.807) is 4.90 Å². The van der Waals surface area contributed by atoms with Crippen molar-refractivity contribution in [3.05, 3.63) is 23.8 Å². The quantitative estimate of drug-likeness (QED) is 0.856. The third kappa shape index (κ3) is 3.05. The zero-order valence-corrected chi connectivity index (χ0v) is 12.5. The standard InChI is InChI=1S/C15H20N4O2/c1-18-7-3-4-12(18)9-15(20)19(2)10-11-5-6-13-14(8-11)17-21-16-13/h5-6,8,12H,3-4,7,9-10H2,1-2H3/t12-/m0/s1. The molecule has 1 aromatic carbocycles. The summed E-state index contributed by atoms with van der Waals surface area (Å²) in [4.78, 5) is 16.4. The Balaban J connectivity index is 1.61. The fraction of sp³-hybridized carbons (Fsp3) is 0.533. The highest BCUT2D eigenvalue weighted by Gasteiger charge is 2.24. The number of rotatable bonds is 4. The first kappa shape index (κ1) is 14.0. The minimum Gasteiger partial charge on any atom is -0.341 e. The molecule has 0 N–H and O–H groups in total. The molecule has 0 saturated carbocycles. The van der Waals surface area contributed by atoms with Gasteiger partial charge < -0.3 is 9.80 Å². The minimum atomic E-state index is 0.187. The summed E-state index contributed by atoms with van der Waals surface area (Å²) in [6.45, 7) is 1.68. The second-order valence-electron chi connectivity index (χ2n) is 5.82. The fourth-order valence-electron chi connectivity index (χ4n) is 2.88. The van der Waals surface area contributed by atoms with Gasteiger partial charge in [0.1, 0.15) is 11.0 Å². The van der Waals surface area contributed by atoms with Crippen LogP contribution >= 0.6 is 0 Å². The van der Waals surface area contributed by atoms with E-state index in [1.807, 2.05) is 25.2 Å². The van der Waals surface area contributed by atoms with Gasteiger partial charge in [-0.15, -0.1) is 0 Å². The molecule has 1 aliphatic heterocycles. The molecule has 2 aromatic rings. The highest BCUT2D eigenvalue weighted by Crippen LogP contribution is 2.19. The van der Waals surface area contributed by atoms with Crippen molar-refractivity contribution in [1.29, 1.82) is 0 Å². The third-order valence-electron chi connectivity index (χ3n) is 4.25. The molecule has 3 rings (SSSR count). The van der Waals surface area contributed by atoms with Crippen LogP contribution in [0.15, 0.2) is 22.8 Å². The van der Waals surface area contributed by atoms with Crippen molar-refractivity contribution in [3.8, 4) is 0 Å². The lowest BCUT2D eigenvalue weighted by atomic mass is 10.1. The predicted octanol–water partition coefficient (Wildman–Crippen LogP) is 1.67. The Morgan fingerprint density at radius 1 is 1.43 bits per heavy atom. The van der Waals surface area contributed by atoms with Gasteiger partial charge in [-0.25, -0.2) is 4.63 Å². The van der Waals surface area contributed by atoms with E-state index in [0.29, 0.717) is 19.0 Å². The Morgan fingerprint density at radius 3 is 3.00 bits per heavy atom. The molecule has 0 aliphatic carbocycles. The molecule has 1 aromatic heterocycles. The molecule has 1 amide bonds. The number of amides is 1. The van der Waals surface area contributed by atoms with E-state index < -0.39 is 0 Å². The van der Waals surface area contributed by atoms with Crippen LogP contribution in [0.2, 0.25) is 0 Å². The number of hydrogen-bond donors (Lipinski definition) is 0. The van der Waals surface area contributed by atoms with Crippen molar-refractivity contribution in [2.75, 3.05) is 20.6 Å². The summed E-state index contributed by atoms with van der Waals surface area (Å²) in [6, 6.07) is 6.13. The Bertz CT molecular complexity index is 639. The molecule has 6 nitrogen and oxygen atoms in total. The van der Waals surface area contributed by atoms with E-state index in [1.165, 1.54) is 6.42 Å². The van der Waals surface area contributed by atoms with Gasteiger partial charge in [-0.05, 0) is 54.4 Å². The zero-order valence-electron chi connectivity index (χ0n) is 12.5. The molecule has 1 aliphatic rings. The molecule has 6 heteroatoms. The van der Waals surface area contributed by atoms with E-state index >= 15 is 0 Å². The molecule has 0 bridgehead atoms. The van der Waals surface area contributed by atoms with Crippen LogP contribution in [0.25, 0.3) is 11.0 Å². The van der Waals surface area contributed by atoms with Crippen LogP contribution in [-0.2, 0) is 11.3 Å². The van der Waals surface area contributed by atoms with Crippen molar-refractivity contribution in [2.24, 2.45) is 0 Å². The number of nitrogens with zero attached hydrogens (tertiary/aromatic N) is 4. The number of hydrogen-bond acceptors (Lipinski definition) is 5. The van der Waals surface area contributed by atoms with Crippen molar-refractivity contribution < 1.29 is 9.42 Å². The van der Waals surface area contributed by atoms with Crippen LogP contribution in [0.3, 0.4) is 0 Å². The first-order chi connectivity index (χ1) is 10.1. The van der Waals surface area contributed by atoms with Crippen LogP contribution < -0.4 is 0 Å². The molecule has 1 atom stereocenters. The Hall–Kier alpha value is -1.95. The number of benzene rings is 1. The average Bonchev–Trinajstić information content (AvgIpc) is 3.07. The topological polar surface area (TPSA) is 62.5 Å². The molecule has 2 heterocycles. The largest absolute Gasteiger partial charge is 0.341 e. The smallest absolute Gasteiger partial charge is 0.224 e. The lowest BCUT2D eigenvalue weighted by Gasteiger charge is -2.23. The van der Waals surface area contributed by atoms with Crippen molar-refractivity contribution in [2.45, 2.75) is 31.8 Å². The van der Waals surface area contributed by atoms with Gasteiger partial charge in [0.25, 0.3) is 0 Å². The molecule has 1 fully saturated rings. The van der Waals surface area contributed by atoms with Gasteiger partial charge in [-0.3, -0.25) is 4.79 Å². The molecule has 1 saturated heterocycles. The first-order valence-corrected chi connectivity index (χ1v) is 7.29. The maximum absolute atomic E-state index is 12.3. The second-order valence-corrected chi connectivity index (χ2v) is 5.82. The number of fused-ring (bicyclic) bond motifs is 1. The van der Waals surface area contributed by atoms with Gasteiger partial charge in [0.15, 0.2) is 0 Å². The molecule has 21 heavy (non-hydrogen) atoms. The SMILES string of the molecule is CN(Cc1ccc2nonc2c1)C(=O)C[C@@H]1CCCN1C. The Labute approximate surface area is 123 Å². The zero-order chi connectivity index (χ0) is 14.8. The van der Waals surface area contributed by atoms with E-state index in [-0.39, 0.29) is 5.91 Å². The Morgan fingerprint density at radius 2 is 2.24 bits per heavy atom. The summed E-state index contributed by atoms with van der Waals surface area (Å²) in [5.74, 6) is 0.187. The number of carbonyl (C=O) groups is 1. The van der Waals surface area contributed by atoms with Gasteiger partial charge in [-0.2, -0.15) is 0 Å². The second kappa shape index (κ2) is 5.81. The van der Waals surface area contributed by atoms with Gasteiger partial charge in [0.2, 0.25) is 5.91 Å². The van der Waals surface area contributed by atoms with Crippen LogP contribution in [-0.4, -0.2) is 52.7 Å². The number of aromatic nitrogens is 2.